The van der Waals surface area contributed by atoms with Crippen molar-refractivity contribution < 1.29 is 9.59 Å². The zero-order chi connectivity index (χ0) is 9.30. The Morgan fingerprint density at radius 1 is 1.58 bits per heavy atom. The maximum Gasteiger partial charge on any atom is 0.329 e. The van der Waals surface area contributed by atoms with Gasteiger partial charge in [0.2, 0.25) is 0 Å². The molecule has 0 bridgehead atoms. The van der Waals surface area contributed by atoms with Crippen LogP contribution in [0.3, 0.4) is 0 Å². The topological polar surface area (TPSA) is 40.6 Å². The van der Waals surface area contributed by atoms with Crippen molar-refractivity contribution >= 4 is 39.5 Å². The molecule has 0 N–H and O–H groups in total. The Morgan fingerprint density at radius 3 is 2.42 bits per heavy atom. The summed E-state index contributed by atoms with van der Waals surface area (Å²) in [4.78, 5) is 24.4. The van der Waals surface area contributed by atoms with Crippen molar-refractivity contribution in [2.45, 2.75) is 11.9 Å². The lowest BCUT2D eigenvalue weighted by Gasteiger charge is -2.14. The minimum atomic E-state index is -0.547. The molecule has 1 saturated heterocycles. The molecule has 1 atom stereocenters. The number of hydrogen-bond donors (Lipinski definition) is 0. The monoisotopic (exact) mass is 254 g/mol. The van der Waals surface area contributed by atoms with Crippen LogP contribution in [0.5, 0.6) is 0 Å². The van der Waals surface area contributed by atoms with Crippen LogP contribution >= 0.6 is 27.5 Å². The summed E-state index contributed by atoms with van der Waals surface area (Å²) in [6, 6.07) is -0.421. The average molecular weight is 255 g/mol. The Kier molecular flexibility index (Phi) is 2.95. The van der Waals surface area contributed by atoms with Crippen molar-refractivity contribution in [2.75, 3.05) is 12.5 Å². The predicted molar refractivity (Wildman–Crippen MR) is 48.1 cm³/mol. The number of halogens is 2. The molecule has 12 heavy (non-hydrogen) atoms. The van der Waals surface area contributed by atoms with E-state index in [2.05, 4.69) is 15.9 Å². The van der Waals surface area contributed by atoms with Gasteiger partial charge in [-0.25, -0.2) is 9.69 Å². The Hall–Kier alpha value is -0.290. The first-order valence-corrected chi connectivity index (χ1v) is 4.90. The number of amides is 3. The summed E-state index contributed by atoms with van der Waals surface area (Å²) in [5.41, 5.74) is 0. The molecule has 0 aromatic rings. The van der Waals surface area contributed by atoms with E-state index in [1.807, 2.05) is 0 Å². The Bertz CT molecular complexity index is 224. The molecule has 68 valence electrons. The fourth-order valence-electron chi connectivity index (χ4n) is 1.01. The highest BCUT2D eigenvalue weighted by atomic mass is 79.9. The van der Waals surface area contributed by atoms with Crippen molar-refractivity contribution in [3.63, 3.8) is 0 Å². The molecular formula is C6H8BrClN2O2. The van der Waals surface area contributed by atoms with Crippen LogP contribution in [0, 0.1) is 0 Å². The van der Waals surface area contributed by atoms with E-state index in [1.54, 1.807) is 6.92 Å². The first-order chi connectivity index (χ1) is 5.63. The molecule has 1 rings (SSSR count). The van der Waals surface area contributed by atoms with Gasteiger partial charge in [-0.05, 0) is 6.92 Å². The number of hydrogen-bond acceptors (Lipinski definition) is 2. The summed E-state index contributed by atoms with van der Waals surface area (Å²) in [6.45, 7) is 2.30. The molecule has 0 radical (unpaired) electrons. The quantitative estimate of drug-likeness (QED) is 0.422. The van der Waals surface area contributed by atoms with Gasteiger partial charge in [-0.3, -0.25) is 4.79 Å². The minimum Gasteiger partial charge on any atom is -0.303 e. The number of carbonyl (C=O) groups is 2. The second kappa shape index (κ2) is 3.62. The van der Waals surface area contributed by atoms with Crippen molar-refractivity contribution in [1.29, 1.82) is 0 Å². The van der Waals surface area contributed by atoms with Crippen LogP contribution in [0.2, 0.25) is 0 Å². The zero-order valence-corrected chi connectivity index (χ0v) is 8.80. The van der Waals surface area contributed by atoms with E-state index in [1.165, 1.54) is 4.90 Å². The first-order valence-electron chi connectivity index (χ1n) is 3.45. The summed E-state index contributed by atoms with van der Waals surface area (Å²) < 4.78 is 0. The molecule has 0 aliphatic carbocycles. The van der Waals surface area contributed by atoms with E-state index >= 15 is 0 Å². The fourth-order valence-corrected chi connectivity index (χ4v) is 1.95. The summed E-state index contributed by atoms with van der Waals surface area (Å²) >= 11 is 8.53. The lowest BCUT2D eigenvalue weighted by atomic mass is 10.5. The van der Waals surface area contributed by atoms with Crippen LogP contribution < -0.4 is 0 Å². The van der Waals surface area contributed by atoms with E-state index in [-0.39, 0.29) is 17.9 Å². The summed E-state index contributed by atoms with van der Waals surface area (Å²) in [7, 11) is 0. The molecular weight excluding hydrogens is 247 g/mol. The van der Waals surface area contributed by atoms with Crippen LogP contribution in [0.25, 0.3) is 0 Å². The van der Waals surface area contributed by atoms with Gasteiger partial charge in [-0.15, -0.1) is 11.6 Å². The highest BCUT2D eigenvalue weighted by Crippen LogP contribution is 2.21. The lowest BCUT2D eigenvalue weighted by Crippen LogP contribution is -2.32. The molecule has 1 aliphatic heterocycles. The molecule has 0 aromatic carbocycles. The van der Waals surface area contributed by atoms with E-state index in [0.717, 1.165) is 4.90 Å². The molecule has 1 unspecified atom stereocenters. The standard InChI is InChI=1S/C6H8BrClN2O2/c1-2-9-4(7)5(11)10(3-8)6(9)12/h4H,2-3H2,1H3. The molecule has 6 heteroatoms. The number of imide groups is 1. The second-order valence-electron chi connectivity index (χ2n) is 2.29. The summed E-state index contributed by atoms with van der Waals surface area (Å²) in [5, 5.41) is 0. The van der Waals surface area contributed by atoms with E-state index < -0.39 is 4.95 Å². The minimum absolute atomic E-state index is 0.0870. The maximum absolute atomic E-state index is 11.3. The van der Waals surface area contributed by atoms with E-state index in [4.69, 9.17) is 11.6 Å². The van der Waals surface area contributed by atoms with Gasteiger partial charge in [0, 0.05) is 6.54 Å². The number of rotatable bonds is 2. The van der Waals surface area contributed by atoms with Crippen LogP contribution in [-0.2, 0) is 4.79 Å². The van der Waals surface area contributed by atoms with E-state index in [9.17, 15) is 9.59 Å². The third kappa shape index (κ3) is 1.31. The van der Waals surface area contributed by atoms with Crippen LogP contribution in [0.1, 0.15) is 6.92 Å². The molecule has 0 spiro atoms. The van der Waals surface area contributed by atoms with Crippen molar-refractivity contribution in [1.82, 2.24) is 9.80 Å². The van der Waals surface area contributed by atoms with Gasteiger partial charge in [0.1, 0.15) is 6.00 Å². The Morgan fingerprint density at radius 2 is 2.17 bits per heavy atom. The average Bonchev–Trinajstić information content (AvgIpc) is 2.25. The number of nitrogens with zero attached hydrogens (tertiary/aromatic N) is 2. The van der Waals surface area contributed by atoms with E-state index in [0.29, 0.717) is 6.54 Å². The molecule has 1 heterocycles. The molecule has 4 nitrogen and oxygen atoms in total. The molecule has 1 aliphatic rings. The SMILES string of the molecule is CCN1C(=O)N(CCl)C(=O)C1Br. The first kappa shape index (κ1) is 9.80. The molecule has 3 amide bonds. The largest absolute Gasteiger partial charge is 0.329 e. The van der Waals surface area contributed by atoms with Gasteiger partial charge in [-0.2, -0.15) is 0 Å². The molecule has 0 aromatic heterocycles. The predicted octanol–water partition coefficient (Wildman–Crippen LogP) is 1.19. The van der Waals surface area contributed by atoms with Crippen molar-refractivity contribution in [2.24, 2.45) is 0 Å². The number of likely N-dealkylation sites (N-methyl/N-ethyl adjacent to an activating group) is 1. The maximum atomic E-state index is 11.3. The molecule has 1 fully saturated rings. The van der Waals surface area contributed by atoms with Gasteiger partial charge >= 0.3 is 6.03 Å². The highest BCUT2D eigenvalue weighted by molar-refractivity contribution is 9.10. The zero-order valence-electron chi connectivity index (χ0n) is 6.46. The van der Waals surface area contributed by atoms with Gasteiger partial charge in [-0.1, -0.05) is 15.9 Å². The van der Waals surface area contributed by atoms with Crippen LogP contribution in [-0.4, -0.2) is 39.2 Å². The van der Waals surface area contributed by atoms with Crippen molar-refractivity contribution in [3.8, 4) is 0 Å². The van der Waals surface area contributed by atoms with Gasteiger partial charge < -0.3 is 4.90 Å². The van der Waals surface area contributed by atoms with Crippen LogP contribution in [0.15, 0.2) is 0 Å². The third-order valence-electron chi connectivity index (χ3n) is 1.68. The van der Waals surface area contributed by atoms with Gasteiger partial charge in [0.15, 0.2) is 4.95 Å². The second-order valence-corrected chi connectivity index (χ2v) is 3.40. The Labute approximate surface area is 83.6 Å². The summed E-state index contributed by atoms with van der Waals surface area (Å²) in [6.07, 6.45) is 0. The van der Waals surface area contributed by atoms with Crippen LogP contribution in [0.4, 0.5) is 4.79 Å². The number of urea groups is 1. The third-order valence-corrected chi connectivity index (χ3v) is 2.81. The van der Waals surface area contributed by atoms with Crippen molar-refractivity contribution in [3.05, 3.63) is 0 Å². The molecule has 0 saturated carbocycles. The smallest absolute Gasteiger partial charge is 0.303 e. The normalized spacial score (nSPS) is 24.1. The fraction of sp³-hybridized carbons (Fsp3) is 0.667. The highest BCUT2D eigenvalue weighted by Gasteiger charge is 2.42. The van der Waals surface area contributed by atoms with Gasteiger partial charge in [0.25, 0.3) is 5.91 Å². The number of alkyl halides is 2. The Balaban J connectivity index is 2.85. The number of carbonyl (C=O) groups excluding carboxylic acids is 2. The summed E-state index contributed by atoms with van der Waals surface area (Å²) in [5.74, 6) is -0.295. The lowest BCUT2D eigenvalue weighted by molar-refractivity contribution is -0.125. The van der Waals surface area contributed by atoms with Gasteiger partial charge in [0.05, 0.1) is 0 Å².